The summed E-state index contributed by atoms with van der Waals surface area (Å²) in [7, 11) is -3.81. The molecule has 0 atom stereocenters. The molecule has 30 heavy (non-hydrogen) atoms. The fourth-order valence-corrected chi connectivity index (χ4v) is 5.30. The van der Waals surface area contributed by atoms with Gasteiger partial charge < -0.3 is 0 Å². The van der Waals surface area contributed by atoms with Gasteiger partial charge in [-0.05, 0) is 23.8 Å². The fraction of sp³-hybridized carbons (Fsp3) is 0.211. The van der Waals surface area contributed by atoms with E-state index in [0.717, 1.165) is 41.7 Å². The van der Waals surface area contributed by atoms with E-state index in [1.165, 1.54) is 23.6 Å². The van der Waals surface area contributed by atoms with Crippen LogP contribution < -0.4 is 0 Å². The fourth-order valence-electron chi connectivity index (χ4n) is 2.67. The van der Waals surface area contributed by atoms with E-state index in [4.69, 9.17) is 0 Å². The predicted molar refractivity (Wildman–Crippen MR) is 100 cm³/mol. The van der Waals surface area contributed by atoms with Crippen LogP contribution in [0.2, 0.25) is 0 Å². The molecule has 0 saturated heterocycles. The molecule has 160 valence electrons. The monoisotopic (exact) mass is 465 g/mol. The van der Waals surface area contributed by atoms with Crippen LogP contribution >= 0.6 is 11.3 Å². The molecule has 11 heteroatoms. The van der Waals surface area contributed by atoms with Gasteiger partial charge in [0.25, 0.3) is 0 Å². The van der Waals surface area contributed by atoms with Crippen LogP contribution in [0.5, 0.6) is 0 Å². The van der Waals surface area contributed by atoms with Gasteiger partial charge in [0.15, 0.2) is 9.84 Å². The molecular formula is C19H13F6NO2S2. The van der Waals surface area contributed by atoms with Crippen molar-refractivity contribution < 1.29 is 34.8 Å². The van der Waals surface area contributed by atoms with E-state index in [2.05, 4.69) is 4.98 Å². The topological polar surface area (TPSA) is 47.0 Å². The van der Waals surface area contributed by atoms with Gasteiger partial charge in [0.1, 0.15) is 10.8 Å². The Morgan fingerprint density at radius 2 is 1.47 bits per heavy atom. The molecule has 0 radical (unpaired) electrons. The molecule has 0 unspecified atom stereocenters. The van der Waals surface area contributed by atoms with Crippen LogP contribution in [0.1, 0.15) is 21.7 Å². The first-order chi connectivity index (χ1) is 13.8. The molecule has 1 aromatic heterocycles. The van der Waals surface area contributed by atoms with Crippen LogP contribution in [0.4, 0.5) is 26.3 Å². The molecule has 0 fully saturated rings. The summed E-state index contributed by atoms with van der Waals surface area (Å²) < 4.78 is 101. The molecule has 2 aromatic carbocycles. The molecule has 0 amide bonds. The van der Waals surface area contributed by atoms with E-state index in [1.807, 2.05) is 0 Å². The first kappa shape index (κ1) is 22.3. The van der Waals surface area contributed by atoms with Crippen molar-refractivity contribution in [1.29, 1.82) is 0 Å². The summed E-state index contributed by atoms with van der Waals surface area (Å²) in [6, 6.07) is 8.34. The Balaban J connectivity index is 1.73. The summed E-state index contributed by atoms with van der Waals surface area (Å²) in [5.74, 6) is -1.08. The highest BCUT2D eigenvalue weighted by atomic mass is 32.2. The van der Waals surface area contributed by atoms with Gasteiger partial charge in [-0.25, -0.2) is 13.4 Å². The quantitative estimate of drug-likeness (QED) is 0.437. The first-order valence-electron chi connectivity index (χ1n) is 8.32. The highest BCUT2D eigenvalue weighted by Gasteiger charge is 2.31. The number of aromatic nitrogens is 1. The Bertz CT molecular complexity index is 1130. The smallest absolute Gasteiger partial charge is 0.240 e. The second kappa shape index (κ2) is 8.03. The van der Waals surface area contributed by atoms with Crippen molar-refractivity contribution in [3.63, 3.8) is 0 Å². The second-order valence-electron chi connectivity index (χ2n) is 6.43. The lowest BCUT2D eigenvalue weighted by Gasteiger charge is -2.09. The Hall–Kier alpha value is -2.40. The molecule has 3 rings (SSSR count). The third-order valence-electron chi connectivity index (χ3n) is 4.04. The van der Waals surface area contributed by atoms with Crippen LogP contribution in [0.25, 0.3) is 11.3 Å². The zero-order valence-electron chi connectivity index (χ0n) is 15.0. The number of hydrogen-bond donors (Lipinski definition) is 0. The average Bonchev–Trinajstić information content (AvgIpc) is 3.08. The molecule has 3 aromatic rings. The molecule has 0 aliphatic heterocycles. The minimum Gasteiger partial charge on any atom is -0.240 e. The highest BCUT2D eigenvalue weighted by molar-refractivity contribution is 7.89. The summed E-state index contributed by atoms with van der Waals surface area (Å²) in [6.07, 6.45) is -9.05. The zero-order valence-corrected chi connectivity index (χ0v) is 16.6. The lowest BCUT2D eigenvalue weighted by atomic mass is 10.1. The Morgan fingerprint density at radius 1 is 0.833 bits per heavy atom. The summed E-state index contributed by atoms with van der Waals surface area (Å²) in [4.78, 5) is 4.13. The van der Waals surface area contributed by atoms with Gasteiger partial charge in [-0.15, -0.1) is 11.3 Å². The molecule has 3 nitrogen and oxygen atoms in total. The van der Waals surface area contributed by atoms with Crippen molar-refractivity contribution in [2.75, 3.05) is 0 Å². The standard InChI is InChI=1S/C19H13F6NO2S2/c20-18(21,22)14-6-4-13(5-7-14)16-9-29-17(26-16)11-30(27,28)10-12-2-1-3-15(8-12)19(23,24)25/h1-9H,10-11H2. The van der Waals surface area contributed by atoms with E-state index in [0.29, 0.717) is 11.3 Å². The summed E-state index contributed by atoms with van der Waals surface area (Å²) in [5.41, 5.74) is -1.04. The number of benzene rings is 2. The van der Waals surface area contributed by atoms with Gasteiger partial charge >= 0.3 is 12.4 Å². The molecule has 0 spiro atoms. The maximum atomic E-state index is 12.8. The highest BCUT2D eigenvalue weighted by Crippen LogP contribution is 2.32. The Labute approximate surface area is 171 Å². The van der Waals surface area contributed by atoms with E-state index in [1.54, 1.807) is 0 Å². The van der Waals surface area contributed by atoms with Crippen LogP contribution in [0.3, 0.4) is 0 Å². The number of halogens is 6. The zero-order chi connectivity index (χ0) is 22.2. The van der Waals surface area contributed by atoms with Gasteiger partial charge in [0.2, 0.25) is 0 Å². The van der Waals surface area contributed by atoms with Crippen LogP contribution in [-0.2, 0) is 33.7 Å². The molecule has 0 bridgehead atoms. The van der Waals surface area contributed by atoms with Gasteiger partial charge in [-0.3, -0.25) is 0 Å². The van der Waals surface area contributed by atoms with Gasteiger partial charge in [-0.1, -0.05) is 30.3 Å². The van der Waals surface area contributed by atoms with Crippen LogP contribution in [-0.4, -0.2) is 13.4 Å². The lowest BCUT2D eigenvalue weighted by Crippen LogP contribution is -2.10. The number of thiazole rings is 1. The van der Waals surface area contributed by atoms with Crippen LogP contribution in [0.15, 0.2) is 53.9 Å². The molecule has 0 aliphatic carbocycles. The van der Waals surface area contributed by atoms with Gasteiger partial charge in [0, 0.05) is 10.9 Å². The normalized spacial score (nSPS) is 12.9. The number of nitrogens with zero attached hydrogens (tertiary/aromatic N) is 1. The van der Waals surface area contributed by atoms with E-state index < -0.39 is 44.8 Å². The number of sulfone groups is 1. The second-order valence-corrected chi connectivity index (χ2v) is 9.44. The van der Waals surface area contributed by atoms with E-state index >= 15 is 0 Å². The maximum Gasteiger partial charge on any atom is 0.416 e. The number of hydrogen-bond acceptors (Lipinski definition) is 4. The van der Waals surface area contributed by atoms with E-state index in [9.17, 15) is 34.8 Å². The molecular weight excluding hydrogens is 452 g/mol. The van der Waals surface area contributed by atoms with Crippen molar-refractivity contribution in [3.05, 3.63) is 75.6 Å². The first-order valence-corrected chi connectivity index (χ1v) is 11.0. The van der Waals surface area contributed by atoms with Crippen molar-refractivity contribution >= 4 is 21.2 Å². The molecule has 0 aliphatic rings. The van der Waals surface area contributed by atoms with Crippen molar-refractivity contribution in [3.8, 4) is 11.3 Å². The number of rotatable bonds is 5. The average molecular weight is 465 g/mol. The third kappa shape index (κ3) is 5.60. The SMILES string of the molecule is O=S(=O)(Cc1cccc(C(F)(F)F)c1)Cc1nc(-c2ccc(C(F)(F)F)cc2)cs1. The molecule has 0 N–H and O–H groups in total. The predicted octanol–water partition coefficient (Wildman–Crippen LogP) is 5.96. The van der Waals surface area contributed by atoms with Crippen LogP contribution in [0, 0.1) is 0 Å². The third-order valence-corrected chi connectivity index (χ3v) is 6.56. The summed E-state index contributed by atoms with van der Waals surface area (Å²) >= 11 is 1.01. The van der Waals surface area contributed by atoms with Crippen molar-refractivity contribution in [2.24, 2.45) is 0 Å². The summed E-state index contributed by atoms with van der Waals surface area (Å²) in [5, 5.41) is 1.70. The van der Waals surface area contributed by atoms with E-state index in [-0.39, 0.29) is 10.6 Å². The van der Waals surface area contributed by atoms with Crippen molar-refractivity contribution in [2.45, 2.75) is 23.9 Å². The minimum atomic E-state index is -4.58. The largest absolute Gasteiger partial charge is 0.416 e. The lowest BCUT2D eigenvalue weighted by molar-refractivity contribution is -0.138. The molecule has 1 heterocycles. The Kier molecular flexibility index (Phi) is 5.96. The minimum absolute atomic E-state index is 0.00402. The maximum absolute atomic E-state index is 12.8. The number of alkyl halides is 6. The van der Waals surface area contributed by atoms with Gasteiger partial charge in [-0.2, -0.15) is 26.3 Å². The molecule has 0 saturated carbocycles. The van der Waals surface area contributed by atoms with Gasteiger partial charge in [0.05, 0.1) is 22.6 Å². The summed E-state index contributed by atoms with van der Waals surface area (Å²) in [6.45, 7) is 0. The van der Waals surface area contributed by atoms with Crippen molar-refractivity contribution in [1.82, 2.24) is 4.98 Å². The Morgan fingerprint density at radius 3 is 2.07 bits per heavy atom.